The largest absolute Gasteiger partial charge is 0.425 e. The highest BCUT2D eigenvalue weighted by Gasteiger charge is 2.08. The molecule has 4 heteroatoms. The van der Waals surface area contributed by atoms with Crippen LogP contribution in [0.25, 0.3) is 0 Å². The number of carbonyl (C=O) groups excluding carboxylic acids is 1. The zero-order chi connectivity index (χ0) is 10.0. The van der Waals surface area contributed by atoms with E-state index in [1.165, 1.54) is 6.92 Å². The van der Waals surface area contributed by atoms with Crippen molar-refractivity contribution >= 4 is 23.3 Å². The molecular formula is C9H10ClNO2. The van der Waals surface area contributed by atoms with Gasteiger partial charge in [0.25, 0.3) is 0 Å². The van der Waals surface area contributed by atoms with Gasteiger partial charge in [0.1, 0.15) is 5.75 Å². The van der Waals surface area contributed by atoms with E-state index in [0.717, 1.165) is 5.56 Å². The molecule has 0 aliphatic carbocycles. The Kier molecular flexibility index (Phi) is 2.78. The molecule has 13 heavy (non-hydrogen) atoms. The summed E-state index contributed by atoms with van der Waals surface area (Å²) < 4.78 is 4.85. The van der Waals surface area contributed by atoms with Gasteiger partial charge in [-0.1, -0.05) is 11.6 Å². The predicted molar refractivity (Wildman–Crippen MR) is 51.9 cm³/mol. The second kappa shape index (κ2) is 3.66. The van der Waals surface area contributed by atoms with Gasteiger partial charge < -0.3 is 10.5 Å². The number of benzene rings is 1. The summed E-state index contributed by atoms with van der Waals surface area (Å²) in [6.45, 7) is 3.09. The second-order valence-corrected chi connectivity index (χ2v) is 3.06. The summed E-state index contributed by atoms with van der Waals surface area (Å²) in [7, 11) is 0. The maximum Gasteiger partial charge on any atom is 0.308 e. The Balaban J connectivity index is 3.10. The number of hydrogen-bond acceptors (Lipinski definition) is 3. The first kappa shape index (κ1) is 9.86. The molecule has 0 aliphatic rings. The van der Waals surface area contributed by atoms with Crippen molar-refractivity contribution in [2.24, 2.45) is 0 Å². The first-order valence-electron chi connectivity index (χ1n) is 3.75. The number of rotatable bonds is 1. The molecule has 0 fully saturated rings. The molecule has 0 bridgehead atoms. The molecular weight excluding hydrogens is 190 g/mol. The molecule has 0 atom stereocenters. The van der Waals surface area contributed by atoms with E-state index in [1.54, 1.807) is 19.1 Å². The zero-order valence-electron chi connectivity index (χ0n) is 7.43. The van der Waals surface area contributed by atoms with Crippen LogP contribution in [0.15, 0.2) is 12.1 Å². The summed E-state index contributed by atoms with van der Waals surface area (Å²) in [6.07, 6.45) is 0. The maximum atomic E-state index is 10.6. The first-order valence-corrected chi connectivity index (χ1v) is 4.13. The van der Waals surface area contributed by atoms with Gasteiger partial charge in [0.05, 0.1) is 5.02 Å². The molecule has 70 valence electrons. The number of nitrogens with two attached hydrogens (primary N) is 1. The number of halogens is 1. The molecule has 0 saturated carbocycles. The van der Waals surface area contributed by atoms with Crippen molar-refractivity contribution in [2.75, 3.05) is 5.73 Å². The van der Waals surface area contributed by atoms with Crippen LogP contribution in [-0.4, -0.2) is 5.97 Å². The fourth-order valence-electron chi connectivity index (χ4n) is 0.909. The minimum absolute atomic E-state index is 0.348. The number of hydrogen-bond donors (Lipinski definition) is 1. The van der Waals surface area contributed by atoms with Crippen molar-refractivity contribution in [3.8, 4) is 5.75 Å². The molecule has 3 nitrogen and oxygen atoms in total. The lowest BCUT2D eigenvalue weighted by atomic mass is 10.2. The van der Waals surface area contributed by atoms with Gasteiger partial charge in [-0.2, -0.15) is 0 Å². The van der Waals surface area contributed by atoms with Crippen LogP contribution in [0.3, 0.4) is 0 Å². The Morgan fingerprint density at radius 2 is 2.15 bits per heavy atom. The van der Waals surface area contributed by atoms with Crippen LogP contribution >= 0.6 is 11.6 Å². The smallest absolute Gasteiger partial charge is 0.308 e. The van der Waals surface area contributed by atoms with Crippen molar-refractivity contribution in [1.29, 1.82) is 0 Å². The van der Waals surface area contributed by atoms with Crippen molar-refractivity contribution < 1.29 is 9.53 Å². The third kappa shape index (κ3) is 2.12. The van der Waals surface area contributed by atoms with Gasteiger partial charge in [-0.15, -0.1) is 0 Å². The van der Waals surface area contributed by atoms with E-state index < -0.39 is 5.97 Å². The average Bonchev–Trinajstić information content (AvgIpc) is 2.06. The Hall–Kier alpha value is -1.22. The summed E-state index contributed by atoms with van der Waals surface area (Å²) >= 11 is 5.89. The highest BCUT2D eigenvalue weighted by molar-refractivity contribution is 6.33. The summed E-state index contributed by atoms with van der Waals surface area (Å²) in [6, 6.07) is 3.23. The number of anilines is 1. The van der Waals surface area contributed by atoms with Gasteiger partial charge in [-0.25, -0.2) is 0 Å². The summed E-state index contributed by atoms with van der Waals surface area (Å²) in [4.78, 5) is 10.6. The van der Waals surface area contributed by atoms with Gasteiger partial charge in [0, 0.05) is 12.6 Å². The van der Waals surface area contributed by atoms with Gasteiger partial charge in [-0.05, 0) is 24.6 Å². The molecule has 2 N–H and O–H groups in total. The molecule has 1 rings (SSSR count). The lowest BCUT2D eigenvalue weighted by molar-refractivity contribution is -0.131. The van der Waals surface area contributed by atoms with Crippen LogP contribution in [-0.2, 0) is 4.79 Å². The van der Waals surface area contributed by atoms with Crippen LogP contribution in [0.4, 0.5) is 5.69 Å². The highest BCUT2D eigenvalue weighted by Crippen LogP contribution is 2.31. The summed E-state index contributed by atoms with van der Waals surface area (Å²) in [5.41, 5.74) is 6.90. The summed E-state index contributed by atoms with van der Waals surface area (Å²) in [5, 5.41) is 0.384. The molecule has 0 radical (unpaired) electrons. The van der Waals surface area contributed by atoms with Crippen LogP contribution in [0.5, 0.6) is 5.75 Å². The van der Waals surface area contributed by atoms with E-state index in [-0.39, 0.29) is 0 Å². The van der Waals surface area contributed by atoms with Crippen LogP contribution in [0.2, 0.25) is 5.02 Å². The lowest BCUT2D eigenvalue weighted by Crippen LogP contribution is -2.03. The number of nitrogen functional groups attached to an aromatic ring is 1. The standard InChI is InChI=1S/C9H10ClNO2/c1-5-7(11)3-4-8(9(5)10)13-6(2)12/h3-4H,11H2,1-2H3. The van der Waals surface area contributed by atoms with E-state index in [4.69, 9.17) is 22.1 Å². The van der Waals surface area contributed by atoms with Gasteiger partial charge >= 0.3 is 5.97 Å². The molecule has 0 heterocycles. The lowest BCUT2D eigenvalue weighted by Gasteiger charge is -2.07. The molecule has 0 amide bonds. The Bertz CT molecular complexity index is 350. The van der Waals surface area contributed by atoms with Crippen molar-refractivity contribution in [2.45, 2.75) is 13.8 Å². The SMILES string of the molecule is CC(=O)Oc1ccc(N)c(C)c1Cl. The first-order chi connectivity index (χ1) is 6.02. The van der Waals surface area contributed by atoms with E-state index >= 15 is 0 Å². The maximum absolute atomic E-state index is 10.6. The van der Waals surface area contributed by atoms with Crippen LogP contribution < -0.4 is 10.5 Å². The molecule has 0 aliphatic heterocycles. The Morgan fingerprint density at radius 3 is 2.69 bits per heavy atom. The Morgan fingerprint density at radius 1 is 1.54 bits per heavy atom. The minimum atomic E-state index is -0.397. The van der Waals surface area contributed by atoms with Crippen LogP contribution in [0, 0.1) is 6.92 Å². The third-order valence-corrected chi connectivity index (χ3v) is 2.12. The molecule has 1 aromatic rings. The van der Waals surface area contributed by atoms with Crippen molar-refractivity contribution in [3.63, 3.8) is 0 Å². The topological polar surface area (TPSA) is 52.3 Å². The number of carbonyl (C=O) groups is 1. The van der Waals surface area contributed by atoms with Crippen molar-refractivity contribution in [1.82, 2.24) is 0 Å². The molecule has 0 aromatic heterocycles. The Labute approximate surface area is 81.4 Å². The fourth-order valence-corrected chi connectivity index (χ4v) is 1.12. The van der Waals surface area contributed by atoms with E-state index in [0.29, 0.717) is 16.5 Å². The molecule has 0 unspecified atom stereocenters. The minimum Gasteiger partial charge on any atom is -0.425 e. The number of ether oxygens (including phenoxy) is 1. The molecule has 0 spiro atoms. The van der Waals surface area contributed by atoms with Gasteiger partial charge in [0.15, 0.2) is 0 Å². The van der Waals surface area contributed by atoms with Gasteiger partial charge in [0.2, 0.25) is 0 Å². The average molecular weight is 200 g/mol. The molecule has 0 saturated heterocycles. The van der Waals surface area contributed by atoms with Crippen molar-refractivity contribution in [3.05, 3.63) is 22.7 Å². The highest BCUT2D eigenvalue weighted by atomic mass is 35.5. The third-order valence-electron chi connectivity index (χ3n) is 1.65. The second-order valence-electron chi connectivity index (χ2n) is 2.69. The normalized spacial score (nSPS) is 9.77. The van der Waals surface area contributed by atoms with E-state index in [9.17, 15) is 4.79 Å². The quantitative estimate of drug-likeness (QED) is 0.428. The fraction of sp³-hybridized carbons (Fsp3) is 0.222. The van der Waals surface area contributed by atoms with Crippen LogP contribution in [0.1, 0.15) is 12.5 Å². The molecule has 1 aromatic carbocycles. The van der Waals surface area contributed by atoms with E-state index in [2.05, 4.69) is 0 Å². The number of esters is 1. The monoisotopic (exact) mass is 199 g/mol. The van der Waals surface area contributed by atoms with Gasteiger partial charge in [-0.3, -0.25) is 4.79 Å². The summed E-state index contributed by atoms with van der Waals surface area (Å²) in [5.74, 6) is -0.0491. The van der Waals surface area contributed by atoms with E-state index in [1.807, 2.05) is 0 Å². The predicted octanol–water partition coefficient (Wildman–Crippen LogP) is 2.16. The zero-order valence-corrected chi connectivity index (χ0v) is 8.18.